The lowest BCUT2D eigenvalue weighted by atomic mass is 9.92. The van der Waals surface area contributed by atoms with Crippen LogP contribution >= 0.6 is 0 Å². The second-order valence-electron chi connectivity index (χ2n) is 7.96. The number of aliphatic hydroxyl groups is 3. The van der Waals surface area contributed by atoms with E-state index in [2.05, 4.69) is 0 Å². The Morgan fingerprint density at radius 1 is 1.06 bits per heavy atom. The first kappa shape index (κ1) is 24.6. The molecule has 7 heteroatoms. The van der Waals surface area contributed by atoms with Crippen LogP contribution in [0.2, 0.25) is 0 Å². The molecular formula is C25H33FO6. The molecule has 2 heterocycles. The summed E-state index contributed by atoms with van der Waals surface area (Å²) in [6.07, 6.45) is -2.05. The van der Waals surface area contributed by atoms with Gasteiger partial charge in [-0.3, -0.25) is 0 Å². The second-order valence-corrected chi connectivity index (χ2v) is 7.96. The van der Waals surface area contributed by atoms with E-state index in [1.54, 1.807) is 0 Å². The molecule has 0 saturated carbocycles. The Kier molecular flexibility index (Phi) is 9.02. The molecule has 0 aromatic heterocycles. The normalized spacial score (nSPS) is 27.5. The Hall–Kier alpha value is -2.03. The summed E-state index contributed by atoms with van der Waals surface area (Å²) in [5.41, 5.74) is 2.36. The van der Waals surface area contributed by atoms with Crippen LogP contribution in [0.5, 0.6) is 5.75 Å². The second kappa shape index (κ2) is 11.7. The minimum Gasteiger partial charge on any atom is -0.488 e. The van der Waals surface area contributed by atoms with Gasteiger partial charge in [0.15, 0.2) is 0 Å². The summed E-state index contributed by atoms with van der Waals surface area (Å²) < 4.78 is 31.2. The highest BCUT2D eigenvalue weighted by Gasteiger charge is 2.37. The van der Waals surface area contributed by atoms with Gasteiger partial charge in [0, 0.05) is 12.8 Å². The van der Waals surface area contributed by atoms with Gasteiger partial charge in [-0.25, -0.2) is 4.39 Å². The first-order valence-corrected chi connectivity index (χ1v) is 11.3. The third-order valence-electron chi connectivity index (χ3n) is 5.62. The van der Waals surface area contributed by atoms with Crippen LogP contribution in [-0.2, 0) is 15.9 Å². The van der Waals surface area contributed by atoms with E-state index < -0.39 is 36.8 Å². The van der Waals surface area contributed by atoms with Crippen LogP contribution in [0, 0.1) is 5.82 Å². The van der Waals surface area contributed by atoms with E-state index in [0.717, 1.165) is 29.9 Å². The van der Waals surface area contributed by atoms with Gasteiger partial charge in [0.1, 0.15) is 29.9 Å². The van der Waals surface area contributed by atoms with E-state index in [4.69, 9.17) is 14.2 Å². The largest absolute Gasteiger partial charge is 0.488 e. The van der Waals surface area contributed by atoms with Crippen molar-refractivity contribution < 1.29 is 33.9 Å². The van der Waals surface area contributed by atoms with E-state index in [1.165, 1.54) is 12.1 Å². The molecule has 32 heavy (non-hydrogen) atoms. The number of ether oxygens (including phenoxy) is 3. The summed E-state index contributed by atoms with van der Waals surface area (Å²) in [5, 5.41) is 29.3. The molecule has 3 N–H and O–H groups in total. The lowest BCUT2D eigenvalue weighted by Gasteiger charge is -2.36. The molecule has 0 aliphatic carbocycles. The van der Waals surface area contributed by atoms with Crippen molar-refractivity contribution in [3.05, 3.63) is 65.0 Å². The van der Waals surface area contributed by atoms with E-state index in [1.807, 2.05) is 44.2 Å². The van der Waals surface area contributed by atoms with Gasteiger partial charge in [-0.2, -0.15) is 0 Å². The molecule has 2 aliphatic heterocycles. The Labute approximate surface area is 188 Å². The van der Waals surface area contributed by atoms with Crippen LogP contribution < -0.4 is 4.74 Å². The van der Waals surface area contributed by atoms with Gasteiger partial charge in [-0.15, -0.1) is 0 Å². The lowest BCUT2D eigenvalue weighted by molar-refractivity contribution is -0.181. The monoisotopic (exact) mass is 448 g/mol. The first-order chi connectivity index (χ1) is 15.5. The van der Waals surface area contributed by atoms with E-state index in [9.17, 15) is 19.7 Å². The molecule has 2 fully saturated rings. The van der Waals surface area contributed by atoms with Crippen molar-refractivity contribution in [2.24, 2.45) is 0 Å². The van der Waals surface area contributed by atoms with Crippen molar-refractivity contribution in [1.82, 2.24) is 0 Å². The minimum absolute atomic E-state index is 0.0914. The lowest BCUT2D eigenvalue weighted by Crippen LogP contribution is -2.47. The average molecular weight is 449 g/mol. The summed E-state index contributed by atoms with van der Waals surface area (Å²) >= 11 is 0. The van der Waals surface area contributed by atoms with Crippen LogP contribution in [-0.4, -0.2) is 59.6 Å². The molecule has 0 spiro atoms. The van der Waals surface area contributed by atoms with Gasteiger partial charge in [-0.05, 0) is 47.4 Å². The SMILES string of the molecule is CC.OCC1OC(c2cc(F)cc(Cc3ccc(OC4CCOC4)cc3)c2)CC(O)[C@@H]1O. The maximum absolute atomic E-state index is 14.3. The Bertz CT molecular complexity index is 837. The zero-order valence-electron chi connectivity index (χ0n) is 18.6. The smallest absolute Gasteiger partial charge is 0.124 e. The Morgan fingerprint density at radius 2 is 1.81 bits per heavy atom. The fourth-order valence-electron chi connectivity index (χ4n) is 4.00. The molecule has 176 valence electrons. The molecule has 0 radical (unpaired) electrons. The highest BCUT2D eigenvalue weighted by atomic mass is 19.1. The third-order valence-corrected chi connectivity index (χ3v) is 5.62. The van der Waals surface area contributed by atoms with E-state index in [0.29, 0.717) is 18.6 Å². The number of hydrogen-bond donors (Lipinski definition) is 3. The van der Waals surface area contributed by atoms with Crippen molar-refractivity contribution in [3.63, 3.8) is 0 Å². The van der Waals surface area contributed by atoms with E-state index in [-0.39, 0.29) is 12.5 Å². The van der Waals surface area contributed by atoms with Gasteiger partial charge in [0.25, 0.3) is 0 Å². The molecular weight excluding hydrogens is 415 g/mol. The predicted molar refractivity (Wildman–Crippen MR) is 118 cm³/mol. The molecule has 5 atom stereocenters. The summed E-state index contributed by atoms with van der Waals surface area (Å²) in [7, 11) is 0. The zero-order chi connectivity index (χ0) is 23.1. The molecule has 4 rings (SSSR count). The molecule has 2 saturated heterocycles. The van der Waals surface area contributed by atoms with Crippen molar-refractivity contribution >= 4 is 0 Å². The standard InChI is InChI=1S/C23H27FO6.C2H6/c24-17-9-15(7-14-1-3-18(4-2-14)29-19-5-6-28-13-19)8-16(10-17)21-11-20(26)23(27)22(12-25)30-21;1-2/h1-4,8-10,19-23,25-27H,5-7,11-13H2;1-2H3/t19?,20?,21?,22?,23-;/m0./s1. The van der Waals surface area contributed by atoms with Crippen LogP contribution in [0.1, 0.15) is 49.5 Å². The van der Waals surface area contributed by atoms with Crippen LogP contribution in [0.4, 0.5) is 4.39 Å². The number of benzene rings is 2. The number of hydrogen-bond acceptors (Lipinski definition) is 6. The third kappa shape index (κ3) is 6.27. The van der Waals surface area contributed by atoms with Crippen LogP contribution in [0.15, 0.2) is 42.5 Å². The van der Waals surface area contributed by atoms with Gasteiger partial charge in [0.2, 0.25) is 0 Å². The molecule has 0 amide bonds. The molecule has 4 unspecified atom stereocenters. The minimum atomic E-state index is -1.16. The molecule has 2 aliphatic rings. The maximum atomic E-state index is 14.3. The fraction of sp³-hybridized carbons (Fsp3) is 0.520. The molecule has 2 aromatic rings. The average Bonchev–Trinajstić information content (AvgIpc) is 3.31. The van der Waals surface area contributed by atoms with Crippen molar-refractivity contribution in [3.8, 4) is 5.75 Å². The molecule has 2 aromatic carbocycles. The summed E-state index contributed by atoms with van der Waals surface area (Å²) in [4.78, 5) is 0. The first-order valence-electron chi connectivity index (χ1n) is 11.3. The summed E-state index contributed by atoms with van der Waals surface area (Å²) in [6.45, 7) is 4.92. The highest BCUT2D eigenvalue weighted by molar-refractivity contribution is 5.34. The topological polar surface area (TPSA) is 88.4 Å². The predicted octanol–water partition coefficient (Wildman–Crippen LogP) is 3.15. The van der Waals surface area contributed by atoms with Gasteiger partial charge in [0.05, 0.1) is 32.0 Å². The highest BCUT2D eigenvalue weighted by Crippen LogP contribution is 2.33. The van der Waals surface area contributed by atoms with Gasteiger partial charge < -0.3 is 29.5 Å². The van der Waals surface area contributed by atoms with Crippen LogP contribution in [0.3, 0.4) is 0 Å². The van der Waals surface area contributed by atoms with Crippen molar-refractivity contribution in [2.75, 3.05) is 19.8 Å². The number of rotatable bonds is 6. The summed E-state index contributed by atoms with van der Waals surface area (Å²) in [6, 6.07) is 12.4. The van der Waals surface area contributed by atoms with Crippen LogP contribution in [0.25, 0.3) is 0 Å². The fourth-order valence-corrected chi connectivity index (χ4v) is 4.00. The number of halogens is 1. The van der Waals surface area contributed by atoms with Gasteiger partial charge >= 0.3 is 0 Å². The summed E-state index contributed by atoms with van der Waals surface area (Å²) in [5.74, 6) is 0.390. The number of aliphatic hydroxyl groups excluding tert-OH is 3. The zero-order valence-corrected chi connectivity index (χ0v) is 18.6. The Balaban J connectivity index is 0.00000141. The molecule has 6 nitrogen and oxygen atoms in total. The molecule has 0 bridgehead atoms. The van der Waals surface area contributed by atoms with Crippen molar-refractivity contribution in [2.45, 2.75) is 63.6 Å². The van der Waals surface area contributed by atoms with E-state index >= 15 is 0 Å². The van der Waals surface area contributed by atoms with Gasteiger partial charge in [-0.1, -0.05) is 32.0 Å². The maximum Gasteiger partial charge on any atom is 0.124 e. The Morgan fingerprint density at radius 3 is 2.47 bits per heavy atom. The van der Waals surface area contributed by atoms with Crippen molar-refractivity contribution in [1.29, 1.82) is 0 Å². The quantitative estimate of drug-likeness (QED) is 0.629.